The standard InChI is InChI=1S/C22H24N4O6/c27-20(24-29)10-11-22(28)32-18-12-21(26-17-9-5-4-8-16(17)23-25-26)31-19(18)14-30-13-15-6-2-1-3-7-15/h1-9,18-19,21,29H,10-14H2,(H,24,27). The average molecular weight is 440 g/mol. The molecule has 3 atom stereocenters. The third kappa shape index (κ3) is 5.28. The maximum absolute atomic E-state index is 12.3. The van der Waals surface area contributed by atoms with Gasteiger partial charge in [0.05, 0.1) is 25.2 Å². The van der Waals surface area contributed by atoms with E-state index in [-0.39, 0.29) is 19.4 Å². The van der Waals surface area contributed by atoms with Gasteiger partial charge < -0.3 is 14.2 Å². The summed E-state index contributed by atoms with van der Waals surface area (Å²) in [5.41, 5.74) is 4.07. The molecule has 1 fully saturated rings. The SMILES string of the molecule is O=C(CCC(=O)OC1CC(n2nnc3ccccc32)OC1COCc1ccccc1)NO. The van der Waals surface area contributed by atoms with E-state index in [1.54, 1.807) is 4.68 Å². The summed E-state index contributed by atoms with van der Waals surface area (Å²) in [7, 11) is 0. The van der Waals surface area contributed by atoms with Gasteiger partial charge in [0.1, 0.15) is 17.7 Å². The third-order valence-corrected chi connectivity index (χ3v) is 5.19. The quantitative estimate of drug-likeness (QED) is 0.295. The Bertz CT molecular complexity index is 1060. The fraction of sp³-hybridized carbons (Fsp3) is 0.364. The van der Waals surface area contributed by atoms with Gasteiger partial charge in [-0.15, -0.1) is 5.10 Å². The summed E-state index contributed by atoms with van der Waals surface area (Å²) in [5.74, 6) is -1.21. The lowest BCUT2D eigenvalue weighted by Gasteiger charge is -2.19. The van der Waals surface area contributed by atoms with Gasteiger partial charge >= 0.3 is 5.97 Å². The van der Waals surface area contributed by atoms with Crippen molar-refractivity contribution >= 4 is 22.9 Å². The van der Waals surface area contributed by atoms with E-state index in [0.29, 0.717) is 13.0 Å². The number of amides is 1. The molecule has 2 heterocycles. The van der Waals surface area contributed by atoms with Crippen LogP contribution in [0.1, 0.15) is 31.1 Å². The Morgan fingerprint density at radius 3 is 2.72 bits per heavy atom. The molecule has 1 aliphatic rings. The predicted molar refractivity (Wildman–Crippen MR) is 111 cm³/mol. The van der Waals surface area contributed by atoms with Crippen molar-refractivity contribution in [2.75, 3.05) is 6.61 Å². The number of benzene rings is 2. The van der Waals surface area contributed by atoms with Crippen molar-refractivity contribution in [1.29, 1.82) is 0 Å². The zero-order valence-corrected chi connectivity index (χ0v) is 17.3. The van der Waals surface area contributed by atoms with Crippen LogP contribution in [0.5, 0.6) is 0 Å². The number of carbonyl (C=O) groups excluding carboxylic acids is 2. The highest BCUT2D eigenvalue weighted by Crippen LogP contribution is 2.33. The van der Waals surface area contributed by atoms with E-state index in [9.17, 15) is 9.59 Å². The van der Waals surface area contributed by atoms with Crippen molar-refractivity contribution in [3.8, 4) is 0 Å². The summed E-state index contributed by atoms with van der Waals surface area (Å²) in [4.78, 5) is 23.4. The first-order valence-electron chi connectivity index (χ1n) is 10.3. The van der Waals surface area contributed by atoms with Crippen molar-refractivity contribution in [3.05, 3.63) is 60.2 Å². The number of nitrogens with zero attached hydrogens (tertiary/aromatic N) is 3. The van der Waals surface area contributed by atoms with Gasteiger partial charge in [-0.1, -0.05) is 47.7 Å². The molecule has 168 valence electrons. The minimum Gasteiger partial charge on any atom is -0.459 e. The van der Waals surface area contributed by atoms with Gasteiger partial charge in [-0.25, -0.2) is 10.2 Å². The Morgan fingerprint density at radius 2 is 1.91 bits per heavy atom. The minimum atomic E-state index is -0.653. The number of ether oxygens (including phenoxy) is 3. The van der Waals surface area contributed by atoms with Crippen molar-refractivity contribution in [2.24, 2.45) is 0 Å². The average Bonchev–Trinajstić information content (AvgIpc) is 3.42. The number of aromatic nitrogens is 3. The molecule has 2 N–H and O–H groups in total. The zero-order valence-electron chi connectivity index (χ0n) is 17.3. The summed E-state index contributed by atoms with van der Waals surface area (Å²) in [6.45, 7) is 0.613. The predicted octanol–water partition coefficient (Wildman–Crippen LogP) is 2.13. The second kappa shape index (κ2) is 10.3. The molecule has 0 spiro atoms. The van der Waals surface area contributed by atoms with E-state index in [4.69, 9.17) is 19.4 Å². The van der Waals surface area contributed by atoms with Crippen LogP contribution in [-0.2, 0) is 30.4 Å². The van der Waals surface area contributed by atoms with Gasteiger partial charge in [0, 0.05) is 12.8 Å². The van der Waals surface area contributed by atoms with Gasteiger partial charge in [0.25, 0.3) is 0 Å². The van der Waals surface area contributed by atoms with Crippen LogP contribution in [0, 0.1) is 0 Å². The molecule has 10 heteroatoms. The minimum absolute atomic E-state index is 0.155. The number of hydroxylamine groups is 1. The molecule has 1 aromatic heterocycles. The molecule has 1 amide bonds. The molecule has 3 unspecified atom stereocenters. The highest BCUT2D eigenvalue weighted by atomic mass is 16.6. The summed E-state index contributed by atoms with van der Waals surface area (Å²) in [6.07, 6.45) is -1.53. The first-order chi connectivity index (χ1) is 15.6. The first-order valence-corrected chi connectivity index (χ1v) is 10.3. The fourth-order valence-electron chi connectivity index (χ4n) is 3.59. The molecule has 4 rings (SSSR count). The van der Waals surface area contributed by atoms with Crippen molar-refractivity contribution in [3.63, 3.8) is 0 Å². The van der Waals surface area contributed by atoms with Crippen LogP contribution in [0.4, 0.5) is 0 Å². The number of hydrogen-bond acceptors (Lipinski definition) is 8. The van der Waals surface area contributed by atoms with Crippen molar-refractivity contribution in [1.82, 2.24) is 20.5 Å². The Balaban J connectivity index is 1.43. The second-order valence-corrected chi connectivity index (χ2v) is 7.45. The van der Waals surface area contributed by atoms with Crippen LogP contribution in [-0.4, -0.2) is 50.9 Å². The lowest BCUT2D eigenvalue weighted by Crippen LogP contribution is -2.31. The van der Waals surface area contributed by atoms with Gasteiger partial charge in [-0.2, -0.15) is 0 Å². The Kier molecular flexibility index (Phi) is 7.05. The number of rotatable bonds is 9. The van der Waals surface area contributed by atoms with Gasteiger partial charge in [-0.3, -0.25) is 14.8 Å². The van der Waals surface area contributed by atoms with E-state index >= 15 is 0 Å². The summed E-state index contributed by atoms with van der Waals surface area (Å²) >= 11 is 0. The molecule has 1 saturated heterocycles. The van der Waals surface area contributed by atoms with Crippen LogP contribution < -0.4 is 5.48 Å². The lowest BCUT2D eigenvalue weighted by atomic mass is 10.1. The molecule has 2 aromatic carbocycles. The van der Waals surface area contributed by atoms with E-state index in [1.165, 1.54) is 5.48 Å². The molecular formula is C22H24N4O6. The lowest BCUT2D eigenvalue weighted by molar-refractivity contribution is -0.155. The van der Waals surface area contributed by atoms with E-state index < -0.39 is 30.3 Å². The third-order valence-electron chi connectivity index (χ3n) is 5.19. The van der Waals surface area contributed by atoms with Crippen LogP contribution >= 0.6 is 0 Å². The van der Waals surface area contributed by atoms with E-state index in [1.807, 2.05) is 54.6 Å². The van der Waals surface area contributed by atoms with Gasteiger partial charge in [0.2, 0.25) is 5.91 Å². The molecule has 10 nitrogen and oxygen atoms in total. The van der Waals surface area contributed by atoms with Crippen LogP contribution in [0.25, 0.3) is 11.0 Å². The maximum atomic E-state index is 12.3. The molecule has 3 aromatic rings. The molecule has 0 saturated carbocycles. The van der Waals surface area contributed by atoms with Crippen LogP contribution in [0.2, 0.25) is 0 Å². The van der Waals surface area contributed by atoms with Crippen LogP contribution in [0.3, 0.4) is 0 Å². The zero-order chi connectivity index (χ0) is 22.3. The van der Waals surface area contributed by atoms with Crippen LogP contribution in [0.15, 0.2) is 54.6 Å². The number of hydrogen-bond donors (Lipinski definition) is 2. The Labute approximate surface area is 184 Å². The highest BCUT2D eigenvalue weighted by Gasteiger charge is 2.40. The Hall–Kier alpha value is -3.34. The number of carbonyl (C=O) groups is 2. The summed E-state index contributed by atoms with van der Waals surface area (Å²) < 4.78 is 19.2. The van der Waals surface area contributed by atoms with Gasteiger partial charge in [0.15, 0.2) is 6.23 Å². The van der Waals surface area contributed by atoms with E-state index in [2.05, 4.69) is 10.3 Å². The number of nitrogens with one attached hydrogen (secondary N) is 1. The number of para-hydroxylation sites is 1. The monoisotopic (exact) mass is 440 g/mol. The maximum Gasteiger partial charge on any atom is 0.306 e. The molecule has 0 aliphatic carbocycles. The second-order valence-electron chi connectivity index (χ2n) is 7.45. The summed E-state index contributed by atoms with van der Waals surface area (Å²) in [6, 6.07) is 17.2. The Morgan fingerprint density at radius 1 is 1.12 bits per heavy atom. The van der Waals surface area contributed by atoms with Gasteiger partial charge in [-0.05, 0) is 17.7 Å². The smallest absolute Gasteiger partial charge is 0.306 e. The molecule has 0 radical (unpaired) electrons. The molecule has 32 heavy (non-hydrogen) atoms. The topological polar surface area (TPSA) is 125 Å². The first kappa shape index (κ1) is 21.9. The molecule has 0 bridgehead atoms. The summed E-state index contributed by atoms with van der Waals surface area (Å²) in [5, 5.41) is 17.0. The van der Waals surface area contributed by atoms with Crippen molar-refractivity contribution in [2.45, 2.75) is 44.3 Å². The number of fused-ring (bicyclic) bond motifs is 1. The molecule has 1 aliphatic heterocycles. The molecular weight excluding hydrogens is 416 g/mol. The van der Waals surface area contributed by atoms with E-state index in [0.717, 1.165) is 16.6 Å². The number of esters is 1. The largest absolute Gasteiger partial charge is 0.459 e. The van der Waals surface area contributed by atoms with Crippen molar-refractivity contribution < 1.29 is 29.0 Å². The fourth-order valence-corrected chi connectivity index (χ4v) is 3.59. The normalized spacial score (nSPS) is 20.3. The highest BCUT2D eigenvalue weighted by molar-refractivity contribution is 5.80.